The number of rotatable bonds is 9. The zero-order valence-electron chi connectivity index (χ0n) is 13.6. The molecule has 7 heteroatoms. The SMILES string of the molecule is CCCCCCCC(=O)n1nc(SC)c(C(=O)OCC)c1N. The number of carbonyl (C=O) groups excluding carboxylic acids is 2. The average Bonchev–Trinajstić information content (AvgIpc) is 2.84. The number of esters is 1. The minimum absolute atomic E-state index is 0.0707. The second kappa shape index (κ2) is 9.50. The van der Waals surface area contributed by atoms with Crippen molar-refractivity contribution in [1.82, 2.24) is 9.78 Å². The van der Waals surface area contributed by atoms with E-state index in [4.69, 9.17) is 10.5 Å². The summed E-state index contributed by atoms with van der Waals surface area (Å²) in [5, 5.41) is 4.58. The van der Waals surface area contributed by atoms with Gasteiger partial charge in [0.1, 0.15) is 16.4 Å². The van der Waals surface area contributed by atoms with Crippen molar-refractivity contribution in [2.75, 3.05) is 18.6 Å². The molecule has 0 aliphatic rings. The summed E-state index contributed by atoms with van der Waals surface area (Å²) < 4.78 is 6.11. The van der Waals surface area contributed by atoms with Crippen LogP contribution in [-0.4, -0.2) is 34.5 Å². The normalized spacial score (nSPS) is 10.7. The van der Waals surface area contributed by atoms with Crippen molar-refractivity contribution >= 4 is 29.5 Å². The molecule has 0 bridgehead atoms. The lowest BCUT2D eigenvalue weighted by molar-refractivity contribution is 0.0523. The van der Waals surface area contributed by atoms with Crippen LogP contribution in [0.4, 0.5) is 5.82 Å². The van der Waals surface area contributed by atoms with Gasteiger partial charge in [0, 0.05) is 6.42 Å². The van der Waals surface area contributed by atoms with E-state index < -0.39 is 5.97 Å². The Hall–Kier alpha value is -1.50. The largest absolute Gasteiger partial charge is 0.462 e. The number of ether oxygens (including phenoxy) is 1. The highest BCUT2D eigenvalue weighted by molar-refractivity contribution is 7.98. The highest BCUT2D eigenvalue weighted by Crippen LogP contribution is 2.26. The molecule has 0 aromatic carbocycles. The summed E-state index contributed by atoms with van der Waals surface area (Å²) in [6, 6.07) is 0. The molecule has 0 unspecified atom stereocenters. The van der Waals surface area contributed by atoms with Crippen molar-refractivity contribution in [2.45, 2.75) is 57.4 Å². The molecular formula is C15H25N3O3S. The van der Waals surface area contributed by atoms with Crippen LogP contribution in [0, 0.1) is 0 Å². The summed E-state index contributed by atoms with van der Waals surface area (Å²) >= 11 is 1.27. The van der Waals surface area contributed by atoms with Crippen LogP contribution in [0.2, 0.25) is 0 Å². The van der Waals surface area contributed by atoms with Crippen molar-refractivity contribution in [3.63, 3.8) is 0 Å². The van der Waals surface area contributed by atoms with E-state index in [0.717, 1.165) is 23.9 Å². The number of aromatic nitrogens is 2. The molecule has 1 aromatic rings. The van der Waals surface area contributed by atoms with Crippen LogP contribution in [0.5, 0.6) is 0 Å². The van der Waals surface area contributed by atoms with E-state index in [1.165, 1.54) is 24.6 Å². The predicted molar refractivity (Wildman–Crippen MR) is 88.4 cm³/mol. The Bertz CT molecular complexity index is 514. The fraction of sp³-hybridized carbons (Fsp3) is 0.667. The van der Waals surface area contributed by atoms with E-state index in [2.05, 4.69) is 12.0 Å². The Morgan fingerprint density at radius 3 is 2.50 bits per heavy atom. The first-order valence-electron chi connectivity index (χ1n) is 7.69. The highest BCUT2D eigenvalue weighted by atomic mass is 32.2. The van der Waals surface area contributed by atoms with Crippen LogP contribution in [0.15, 0.2) is 5.03 Å². The molecule has 1 heterocycles. The molecule has 124 valence electrons. The van der Waals surface area contributed by atoms with Gasteiger partial charge in [0.15, 0.2) is 0 Å². The molecule has 2 N–H and O–H groups in total. The fourth-order valence-corrected chi connectivity index (χ4v) is 2.68. The summed E-state index contributed by atoms with van der Waals surface area (Å²) in [5.74, 6) is -0.646. The standard InChI is InChI=1S/C15H25N3O3S/c1-4-6-7-8-9-10-11(19)18-13(16)12(14(17-18)22-3)15(20)21-5-2/h4-10,16H2,1-3H3. The molecule has 0 fully saturated rings. The molecule has 0 aliphatic carbocycles. The average molecular weight is 327 g/mol. The maximum Gasteiger partial charge on any atom is 0.344 e. The van der Waals surface area contributed by atoms with Crippen LogP contribution in [0.25, 0.3) is 0 Å². The molecule has 0 radical (unpaired) electrons. The van der Waals surface area contributed by atoms with Crippen LogP contribution in [0.3, 0.4) is 0 Å². The van der Waals surface area contributed by atoms with Gasteiger partial charge in [-0.05, 0) is 19.6 Å². The first-order chi connectivity index (χ1) is 10.6. The Kier molecular flexibility index (Phi) is 8.01. The molecule has 0 saturated carbocycles. The minimum Gasteiger partial charge on any atom is -0.462 e. The number of unbranched alkanes of at least 4 members (excludes halogenated alkanes) is 4. The summed E-state index contributed by atoms with van der Waals surface area (Å²) in [6.45, 7) is 4.12. The van der Waals surface area contributed by atoms with E-state index in [1.54, 1.807) is 13.2 Å². The molecule has 0 atom stereocenters. The van der Waals surface area contributed by atoms with Crippen LogP contribution in [0.1, 0.15) is 67.5 Å². The quantitative estimate of drug-likeness (QED) is 0.425. The molecule has 0 saturated heterocycles. The zero-order chi connectivity index (χ0) is 16.5. The van der Waals surface area contributed by atoms with Gasteiger partial charge >= 0.3 is 5.97 Å². The van der Waals surface area contributed by atoms with E-state index in [-0.39, 0.29) is 23.9 Å². The first-order valence-corrected chi connectivity index (χ1v) is 8.92. The third-order valence-corrected chi connectivity index (χ3v) is 3.96. The first kappa shape index (κ1) is 18.5. The number of anilines is 1. The van der Waals surface area contributed by atoms with Crippen molar-refractivity contribution in [3.05, 3.63) is 5.56 Å². The van der Waals surface area contributed by atoms with Gasteiger partial charge < -0.3 is 10.5 Å². The number of thioether (sulfide) groups is 1. The smallest absolute Gasteiger partial charge is 0.344 e. The lowest BCUT2D eigenvalue weighted by Gasteiger charge is -2.04. The third-order valence-electron chi connectivity index (χ3n) is 3.29. The minimum atomic E-state index is -0.536. The van der Waals surface area contributed by atoms with Crippen molar-refractivity contribution in [1.29, 1.82) is 0 Å². The van der Waals surface area contributed by atoms with E-state index >= 15 is 0 Å². The van der Waals surface area contributed by atoms with Gasteiger partial charge in [-0.15, -0.1) is 11.8 Å². The van der Waals surface area contributed by atoms with Crippen molar-refractivity contribution < 1.29 is 14.3 Å². The van der Waals surface area contributed by atoms with Gasteiger partial charge in [0.05, 0.1) is 6.61 Å². The van der Waals surface area contributed by atoms with Crippen molar-refractivity contribution in [3.8, 4) is 0 Å². The van der Waals surface area contributed by atoms with E-state index in [0.29, 0.717) is 11.4 Å². The van der Waals surface area contributed by atoms with Gasteiger partial charge in [-0.1, -0.05) is 32.6 Å². The Morgan fingerprint density at radius 2 is 1.91 bits per heavy atom. The maximum atomic E-state index is 12.2. The second-order valence-corrected chi connectivity index (χ2v) is 5.75. The number of hydrogen-bond acceptors (Lipinski definition) is 6. The lowest BCUT2D eigenvalue weighted by atomic mass is 10.1. The highest BCUT2D eigenvalue weighted by Gasteiger charge is 2.25. The number of nitrogen functional groups attached to an aromatic ring is 1. The number of hydrogen-bond donors (Lipinski definition) is 1. The Balaban J connectivity index is 2.78. The molecule has 0 aliphatic heterocycles. The maximum absolute atomic E-state index is 12.2. The topological polar surface area (TPSA) is 87.2 Å². The van der Waals surface area contributed by atoms with Gasteiger partial charge in [0.2, 0.25) is 5.91 Å². The van der Waals surface area contributed by atoms with Crippen LogP contribution < -0.4 is 5.73 Å². The van der Waals surface area contributed by atoms with Gasteiger partial charge in [-0.2, -0.15) is 9.78 Å². The van der Waals surface area contributed by atoms with Gasteiger partial charge in [-0.3, -0.25) is 4.79 Å². The summed E-state index contributed by atoms with van der Waals surface area (Å²) in [6.07, 6.45) is 7.46. The van der Waals surface area contributed by atoms with Crippen LogP contribution in [-0.2, 0) is 4.74 Å². The van der Waals surface area contributed by atoms with Gasteiger partial charge in [-0.25, -0.2) is 4.79 Å². The Morgan fingerprint density at radius 1 is 1.23 bits per heavy atom. The monoisotopic (exact) mass is 327 g/mol. The van der Waals surface area contributed by atoms with Gasteiger partial charge in [0.25, 0.3) is 0 Å². The summed E-state index contributed by atoms with van der Waals surface area (Å²) in [5.41, 5.74) is 6.12. The Labute approximate surface area is 135 Å². The number of carbonyl (C=O) groups is 2. The molecular weight excluding hydrogens is 302 g/mol. The lowest BCUT2D eigenvalue weighted by Crippen LogP contribution is -2.16. The molecule has 0 amide bonds. The molecule has 0 spiro atoms. The van der Waals surface area contributed by atoms with Crippen molar-refractivity contribution in [2.24, 2.45) is 0 Å². The zero-order valence-corrected chi connectivity index (χ0v) is 14.4. The second-order valence-electron chi connectivity index (χ2n) is 4.96. The molecule has 1 aromatic heterocycles. The number of nitrogens with zero attached hydrogens (tertiary/aromatic N) is 2. The predicted octanol–water partition coefficient (Wildman–Crippen LogP) is 3.36. The number of nitrogens with two attached hydrogens (primary N) is 1. The summed E-state index contributed by atoms with van der Waals surface area (Å²) in [7, 11) is 0. The van der Waals surface area contributed by atoms with E-state index in [9.17, 15) is 9.59 Å². The van der Waals surface area contributed by atoms with E-state index in [1.807, 2.05) is 0 Å². The summed E-state index contributed by atoms with van der Waals surface area (Å²) in [4.78, 5) is 24.2. The van der Waals surface area contributed by atoms with Crippen LogP contribution >= 0.6 is 11.8 Å². The third kappa shape index (κ3) is 4.76. The molecule has 22 heavy (non-hydrogen) atoms. The fourth-order valence-electron chi connectivity index (χ4n) is 2.12. The molecule has 1 rings (SSSR count). The molecule has 6 nitrogen and oxygen atoms in total.